The number of nitrogens with zero attached hydrogens (tertiary/aromatic N) is 1. The van der Waals surface area contributed by atoms with Gasteiger partial charge in [-0.3, -0.25) is 0 Å². The summed E-state index contributed by atoms with van der Waals surface area (Å²) >= 11 is 3.34. The Morgan fingerprint density at radius 3 is 3.20 bits per heavy atom. The Balaban J connectivity index is 2.36. The Morgan fingerprint density at radius 2 is 2.33 bits per heavy atom. The van der Waals surface area contributed by atoms with E-state index in [0.717, 1.165) is 4.47 Å². The van der Waals surface area contributed by atoms with Crippen molar-refractivity contribution in [2.75, 3.05) is 0 Å². The van der Waals surface area contributed by atoms with E-state index in [4.69, 9.17) is 9.26 Å². The molecule has 0 aliphatic carbocycles. The second kappa shape index (κ2) is 2.96. The van der Waals surface area contributed by atoms with Gasteiger partial charge in [-0.2, -0.15) is 4.79 Å². The van der Waals surface area contributed by atoms with Crippen molar-refractivity contribution in [3.8, 4) is 11.4 Å². The number of fused-ring (bicyclic) bond motifs is 3. The molecule has 5 nitrogen and oxygen atoms in total. The predicted molar refractivity (Wildman–Crippen MR) is 52.9 cm³/mol. The monoisotopic (exact) mass is 269 g/mol. The summed E-state index contributed by atoms with van der Waals surface area (Å²) in [6.07, 6.45) is 0. The van der Waals surface area contributed by atoms with Crippen molar-refractivity contribution in [1.82, 2.24) is 4.57 Å². The van der Waals surface area contributed by atoms with Gasteiger partial charge in [0.05, 0.1) is 0 Å². The fourth-order valence-corrected chi connectivity index (χ4v) is 1.92. The van der Waals surface area contributed by atoms with Crippen LogP contribution in [0.5, 0.6) is 5.75 Å². The van der Waals surface area contributed by atoms with E-state index in [-0.39, 0.29) is 0 Å². The fraction of sp³-hybridized carbons (Fsp3) is 0.111. The molecule has 1 aromatic carbocycles. The van der Waals surface area contributed by atoms with E-state index in [1.165, 1.54) is 4.57 Å². The summed E-state index contributed by atoms with van der Waals surface area (Å²) in [7, 11) is 0. The third kappa shape index (κ3) is 1.21. The molecule has 6 heteroatoms. The number of H-pyrrole nitrogens is 1. The van der Waals surface area contributed by atoms with Gasteiger partial charge in [0, 0.05) is 10.5 Å². The lowest BCUT2D eigenvalue weighted by Gasteiger charge is -2.11. The molecule has 0 saturated heterocycles. The van der Waals surface area contributed by atoms with E-state index in [9.17, 15) is 4.79 Å². The first-order chi connectivity index (χ1) is 7.25. The highest BCUT2D eigenvalue weighted by Crippen LogP contribution is 2.29. The minimum atomic E-state index is -0.437. The zero-order valence-corrected chi connectivity index (χ0v) is 9.08. The Kier molecular flexibility index (Phi) is 1.72. The zero-order valence-electron chi connectivity index (χ0n) is 7.49. The van der Waals surface area contributed by atoms with Crippen LogP contribution < -0.4 is 15.6 Å². The van der Waals surface area contributed by atoms with Gasteiger partial charge in [-0.25, -0.2) is 4.52 Å². The Labute approximate surface area is 92.4 Å². The van der Waals surface area contributed by atoms with Crippen molar-refractivity contribution in [3.05, 3.63) is 39.0 Å². The van der Waals surface area contributed by atoms with Gasteiger partial charge in [-0.05, 0) is 12.1 Å². The standard InChI is InChI=1S/C9H5BrN2O3/c10-5-1-2-7-6(3-5)12-8(4-14-7)11-15-9(12)13/h1-3H,4H2/p+1. The second-order valence-electron chi connectivity index (χ2n) is 3.15. The summed E-state index contributed by atoms with van der Waals surface area (Å²) in [5, 5.41) is 2.52. The highest BCUT2D eigenvalue weighted by Gasteiger charge is 2.29. The van der Waals surface area contributed by atoms with Crippen molar-refractivity contribution in [2.45, 2.75) is 6.61 Å². The van der Waals surface area contributed by atoms with Gasteiger partial charge in [0.15, 0.2) is 18.0 Å². The molecule has 0 saturated carbocycles. The molecule has 0 spiro atoms. The number of rotatable bonds is 0. The average Bonchev–Trinajstić information content (AvgIpc) is 2.60. The maximum absolute atomic E-state index is 11.4. The molecule has 1 aromatic heterocycles. The summed E-state index contributed by atoms with van der Waals surface area (Å²) in [6, 6.07) is 5.48. The van der Waals surface area contributed by atoms with Gasteiger partial charge in [0.25, 0.3) is 0 Å². The number of benzene rings is 1. The topological polar surface area (TPSA) is 58.5 Å². The highest BCUT2D eigenvalue weighted by atomic mass is 79.9. The van der Waals surface area contributed by atoms with Crippen LogP contribution in [0.15, 0.2) is 32.0 Å². The molecular formula is C9H6BrN2O3+. The lowest BCUT2D eigenvalue weighted by Crippen LogP contribution is -2.23. The molecule has 0 unspecified atom stereocenters. The van der Waals surface area contributed by atoms with Gasteiger partial charge in [0.2, 0.25) is 0 Å². The zero-order chi connectivity index (χ0) is 10.4. The van der Waals surface area contributed by atoms with Crippen molar-refractivity contribution in [3.63, 3.8) is 0 Å². The predicted octanol–water partition coefficient (Wildman–Crippen LogP) is 0.899. The smallest absolute Gasteiger partial charge is 0.476 e. The quantitative estimate of drug-likeness (QED) is 0.714. The van der Waals surface area contributed by atoms with Gasteiger partial charge in [-0.1, -0.05) is 21.1 Å². The minimum Gasteiger partial charge on any atom is -0.476 e. The minimum absolute atomic E-state index is 0.306. The molecule has 0 atom stereocenters. The molecule has 1 aliphatic heterocycles. The largest absolute Gasteiger partial charge is 0.554 e. The molecule has 0 radical (unpaired) electrons. The van der Waals surface area contributed by atoms with E-state index in [1.54, 1.807) is 0 Å². The average molecular weight is 270 g/mol. The molecular weight excluding hydrogens is 264 g/mol. The first-order valence-electron chi connectivity index (χ1n) is 4.31. The molecule has 2 aromatic rings. The molecule has 2 heterocycles. The van der Waals surface area contributed by atoms with Crippen LogP contribution in [-0.2, 0) is 6.61 Å². The molecule has 0 amide bonds. The first kappa shape index (κ1) is 8.72. The Bertz CT molecular complexity index is 587. The van der Waals surface area contributed by atoms with Crippen molar-refractivity contribution in [1.29, 1.82) is 0 Å². The van der Waals surface area contributed by atoms with Crippen LogP contribution in [0.1, 0.15) is 5.82 Å². The van der Waals surface area contributed by atoms with Gasteiger partial charge in [0.1, 0.15) is 0 Å². The number of aromatic amines is 1. The lowest BCUT2D eigenvalue weighted by molar-refractivity contribution is -0.621. The van der Waals surface area contributed by atoms with Gasteiger partial charge < -0.3 is 4.74 Å². The number of ether oxygens (including phenoxy) is 1. The van der Waals surface area contributed by atoms with Crippen molar-refractivity contribution < 1.29 is 14.4 Å². The third-order valence-corrected chi connectivity index (χ3v) is 2.73. The number of nitrogens with one attached hydrogen (secondary N) is 1. The molecule has 76 valence electrons. The number of hydrogen-bond acceptors (Lipinski definition) is 3. The van der Waals surface area contributed by atoms with E-state index < -0.39 is 5.76 Å². The van der Waals surface area contributed by atoms with Gasteiger partial charge >= 0.3 is 11.6 Å². The molecule has 15 heavy (non-hydrogen) atoms. The SMILES string of the molecule is O=c1o[nH+]c2n1-c1cc(Br)ccc1OC2. The second-order valence-corrected chi connectivity index (χ2v) is 4.07. The van der Waals surface area contributed by atoms with Crippen LogP contribution in [-0.4, -0.2) is 4.57 Å². The maximum Gasteiger partial charge on any atom is 0.554 e. The summed E-state index contributed by atoms with van der Waals surface area (Å²) in [5.41, 5.74) is 0.681. The van der Waals surface area contributed by atoms with E-state index >= 15 is 0 Å². The normalized spacial score (nSPS) is 12.9. The fourth-order valence-electron chi connectivity index (χ4n) is 1.58. The molecule has 1 N–H and O–H groups in total. The molecule has 1 aliphatic rings. The van der Waals surface area contributed by atoms with E-state index in [0.29, 0.717) is 23.9 Å². The van der Waals surface area contributed by atoms with Gasteiger partial charge in [-0.15, -0.1) is 4.57 Å². The number of aromatic nitrogens is 2. The summed E-state index contributed by atoms with van der Waals surface area (Å²) < 4.78 is 12.5. The third-order valence-electron chi connectivity index (χ3n) is 2.23. The van der Waals surface area contributed by atoms with Crippen LogP contribution in [0, 0.1) is 0 Å². The van der Waals surface area contributed by atoms with Crippen LogP contribution >= 0.6 is 15.9 Å². The Morgan fingerprint density at radius 1 is 1.47 bits per heavy atom. The van der Waals surface area contributed by atoms with Crippen LogP contribution in [0.4, 0.5) is 0 Å². The summed E-state index contributed by atoms with van der Waals surface area (Å²) in [5.74, 6) is 0.834. The van der Waals surface area contributed by atoms with E-state index in [2.05, 4.69) is 21.1 Å². The van der Waals surface area contributed by atoms with Crippen molar-refractivity contribution in [2.24, 2.45) is 0 Å². The summed E-state index contributed by atoms with van der Waals surface area (Å²) in [4.78, 5) is 11.4. The Hall–Kier alpha value is -1.56. The number of halogens is 1. The first-order valence-corrected chi connectivity index (χ1v) is 5.10. The maximum atomic E-state index is 11.4. The number of hydrogen-bond donors (Lipinski definition) is 0. The highest BCUT2D eigenvalue weighted by molar-refractivity contribution is 9.10. The van der Waals surface area contributed by atoms with Crippen molar-refractivity contribution >= 4 is 15.9 Å². The molecule has 0 bridgehead atoms. The molecule has 3 rings (SSSR count). The van der Waals surface area contributed by atoms with Crippen LogP contribution in [0.2, 0.25) is 0 Å². The lowest BCUT2D eigenvalue weighted by atomic mass is 10.2. The van der Waals surface area contributed by atoms with E-state index in [1.807, 2.05) is 18.2 Å². The summed E-state index contributed by atoms with van der Waals surface area (Å²) in [6.45, 7) is 0.306. The van der Waals surface area contributed by atoms with Crippen LogP contribution in [0.25, 0.3) is 5.69 Å². The van der Waals surface area contributed by atoms with Crippen LogP contribution in [0.3, 0.4) is 0 Å². The molecule has 0 fully saturated rings.